The Morgan fingerprint density at radius 1 is 1.38 bits per heavy atom. The van der Waals surface area contributed by atoms with Gasteiger partial charge in [0.25, 0.3) is 0 Å². The number of aliphatic imine (C=N–C) groups is 1. The number of carbonyl (C=O) groups is 1. The largest absolute Gasteiger partial charge is 0.357 e. The van der Waals surface area contributed by atoms with E-state index < -0.39 is 0 Å². The van der Waals surface area contributed by atoms with Crippen LogP contribution in [0.25, 0.3) is 0 Å². The molecule has 0 saturated heterocycles. The number of carbonyl (C=O) groups excluding carboxylic acids is 1. The number of halogens is 1. The first-order valence-electron chi connectivity index (χ1n) is 7.92. The van der Waals surface area contributed by atoms with E-state index in [-0.39, 0.29) is 35.3 Å². The maximum Gasteiger partial charge on any atom is 0.225 e. The lowest BCUT2D eigenvalue weighted by Crippen LogP contribution is -2.40. The molecule has 0 saturated carbocycles. The van der Waals surface area contributed by atoms with Crippen molar-refractivity contribution in [2.75, 3.05) is 26.7 Å². The van der Waals surface area contributed by atoms with Gasteiger partial charge in [0.2, 0.25) is 5.91 Å². The predicted molar refractivity (Wildman–Crippen MR) is 112 cm³/mol. The molecule has 0 unspecified atom stereocenters. The molecule has 0 fully saturated rings. The lowest BCUT2D eigenvalue weighted by atomic mass is 9.96. The normalized spacial score (nSPS) is 11.7. The van der Waals surface area contributed by atoms with Gasteiger partial charge in [0.1, 0.15) is 0 Å². The zero-order chi connectivity index (χ0) is 17.5. The first-order valence-corrected chi connectivity index (χ1v) is 8.80. The highest BCUT2D eigenvalue weighted by Gasteiger charge is 2.20. The second-order valence-corrected chi connectivity index (χ2v) is 7.52. The van der Waals surface area contributed by atoms with E-state index in [2.05, 4.69) is 26.0 Å². The van der Waals surface area contributed by atoms with Crippen molar-refractivity contribution in [2.24, 2.45) is 10.4 Å². The van der Waals surface area contributed by atoms with E-state index in [1.54, 1.807) is 11.3 Å². The first-order chi connectivity index (χ1) is 10.7. The maximum atomic E-state index is 11.8. The van der Waals surface area contributed by atoms with Crippen LogP contribution in [-0.4, -0.2) is 48.4 Å². The standard InChI is InChI=1S/C16H29N5OS.HI/c1-7-17-15(19-9-8-18-14(22)16(3,4)5)21(6)10-13-11-23-12(2)20-13;/h11H,7-10H2,1-6H3,(H,17,19)(H,18,22);1H. The smallest absolute Gasteiger partial charge is 0.225 e. The van der Waals surface area contributed by atoms with Gasteiger partial charge < -0.3 is 15.5 Å². The van der Waals surface area contributed by atoms with Crippen LogP contribution in [0.1, 0.15) is 38.4 Å². The molecule has 0 aromatic carbocycles. The lowest BCUT2D eigenvalue weighted by molar-refractivity contribution is -0.128. The van der Waals surface area contributed by atoms with E-state index >= 15 is 0 Å². The van der Waals surface area contributed by atoms with Gasteiger partial charge in [-0.15, -0.1) is 35.3 Å². The number of rotatable bonds is 6. The third-order valence-electron chi connectivity index (χ3n) is 3.10. The SMILES string of the molecule is CCNC(=NCCNC(=O)C(C)(C)C)N(C)Cc1csc(C)n1.I. The van der Waals surface area contributed by atoms with E-state index in [0.717, 1.165) is 23.2 Å². The molecule has 1 rings (SSSR count). The van der Waals surface area contributed by atoms with Crippen LogP contribution < -0.4 is 10.6 Å². The Balaban J connectivity index is 0.00000529. The second-order valence-electron chi connectivity index (χ2n) is 6.46. The van der Waals surface area contributed by atoms with Gasteiger partial charge in [0.05, 0.1) is 23.8 Å². The number of hydrogen-bond donors (Lipinski definition) is 2. The molecule has 0 aliphatic carbocycles. The summed E-state index contributed by atoms with van der Waals surface area (Å²) < 4.78 is 0. The summed E-state index contributed by atoms with van der Waals surface area (Å²) in [6.07, 6.45) is 0. The Labute approximate surface area is 166 Å². The van der Waals surface area contributed by atoms with E-state index in [0.29, 0.717) is 19.6 Å². The van der Waals surface area contributed by atoms with Crippen molar-refractivity contribution in [2.45, 2.75) is 41.2 Å². The van der Waals surface area contributed by atoms with Gasteiger partial charge in [-0.05, 0) is 13.8 Å². The molecule has 0 bridgehead atoms. The molecule has 1 heterocycles. The van der Waals surface area contributed by atoms with Crippen molar-refractivity contribution in [3.05, 3.63) is 16.1 Å². The van der Waals surface area contributed by atoms with Gasteiger partial charge in [-0.25, -0.2) is 4.98 Å². The van der Waals surface area contributed by atoms with Crippen molar-refractivity contribution >= 4 is 47.2 Å². The molecule has 1 aromatic heterocycles. The predicted octanol–water partition coefficient (Wildman–Crippen LogP) is 2.63. The fourth-order valence-corrected chi connectivity index (χ4v) is 2.47. The van der Waals surface area contributed by atoms with Gasteiger partial charge in [0, 0.05) is 30.9 Å². The molecule has 1 amide bonds. The van der Waals surface area contributed by atoms with E-state index in [9.17, 15) is 4.79 Å². The van der Waals surface area contributed by atoms with Crippen molar-refractivity contribution in [3.63, 3.8) is 0 Å². The highest BCUT2D eigenvalue weighted by Crippen LogP contribution is 2.12. The molecule has 8 heteroatoms. The summed E-state index contributed by atoms with van der Waals surface area (Å²) in [4.78, 5) is 22.9. The molecule has 0 aliphatic rings. The Morgan fingerprint density at radius 2 is 2.04 bits per heavy atom. The fourth-order valence-electron chi connectivity index (χ4n) is 1.86. The van der Waals surface area contributed by atoms with Crippen LogP contribution in [0.2, 0.25) is 0 Å². The van der Waals surface area contributed by atoms with Gasteiger partial charge in [-0.2, -0.15) is 0 Å². The monoisotopic (exact) mass is 467 g/mol. The zero-order valence-electron chi connectivity index (χ0n) is 15.5. The molecule has 0 spiro atoms. The van der Waals surface area contributed by atoms with Crippen molar-refractivity contribution in [3.8, 4) is 0 Å². The minimum absolute atomic E-state index is 0. The number of nitrogens with one attached hydrogen (secondary N) is 2. The molecule has 6 nitrogen and oxygen atoms in total. The third-order valence-corrected chi connectivity index (χ3v) is 3.92. The number of nitrogens with zero attached hydrogens (tertiary/aromatic N) is 3. The highest BCUT2D eigenvalue weighted by atomic mass is 127. The second kappa shape index (κ2) is 10.9. The van der Waals surface area contributed by atoms with Gasteiger partial charge >= 0.3 is 0 Å². The summed E-state index contributed by atoms with van der Waals surface area (Å²) in [6, 6.07) is 0. The van der Waals surface area contributed by atoms with Crippen LogP contribution >= 0.6 is 35.3 Å². The van der Waals surface area contributed by atoms with Crippen LogP contribution in [0.15, 0.2) is 10.4 Å². The fraction of sp³-hybridized carbons (Fsp3) is 0.688. The van der Waals surface area contributed by atoms with Gasteiger partial charge in [-0.3, -0.25) is 9.79 Å². The van der Waals surface area contributed by atoms with Crippen molar-refractivity contribution in [1.29, 1.82) is 0 Å². The number of aryl methyl sites for hydroxylation is 1. The van der Waals surface area contributed by atoms with Crippen LogP contribution in [0.4, 0.5) is 0 Å². The molecule has 138 valence electrons. The molecular weight excluding hydrogens is 437 g/mol. The minimum atomic E-state index is -0.368. The Hall–Kier alpha value is -0.900. The van der Waals surface area contributed by atoms with E-state index in [4.69, 9.17) is 0 Å². The third kappa shape index (κ3) is 8.27. The topological polar surface area (TPSA) is 69.6 Å². The Kier molecular flexibility index (Phi) is 10.5. The quantitative estimate of drug-likeness (QED) is 0.292. The van der Waals surface area contributed by atoms with Gasteiger partial charge in [0.15, 0.2) is 5.96 Å². The van der Waals surface area contributed by atoms with Crippen molar-refractivity contribution in [1.82, 2.24) is 20.5 Å². The average molecular weight is 467 g/mol. The van der Waals surface area contributed by atoms with Crippen LogP contribution in [-0.2, 0) is 11.3 Å². The Bertz CT molecular complexity index is 539. The molecule has 0 aliphatic heterocycles. The first kappa shape index (κ1) is 23.1. The molecule has 24 heavy (non-hydrogen) atoms. The van der Waals surface area contributed by atoms with E-state index in [1.807, 2.05) is 46.6 Å². The lowest BCUT2D eigenvalue weighted by Gasteiger charge is -2.21. The molecule has 0 atom stereocenters. The number of hydrogen-bond acceptors (Lipinski definition) is 4. The summed E-state index contributed by atoms with van der Waals surface area (Å²) in [7, 11) is 1.99. The summed E-state index contributed by atoms with van der Waals surface area (Å²) in [5.41, 5.74) is 0.676. The minimum Gasteiger partial charge on any atom is -0.357 e. The van der Waals surface area contributed by atoms with Gasteiger partial charge in [-0.1, -0.05) is 20.8 Å². The highest BCUT2D eigenvalue weighted by molar-refractivity contribution is 14.0. The van der Waals surface area contributed by atoms with E-state index in [1.165, 1.54) is 0 Å². The Morgan fingerprint density at radius 3 is 2.54 bits per heavy atom. The summed E-state index contributed by atoms with van der Waals surface area (Å²) in [5.74, 6) is 0.868. The number of aromatic nitrogens is 1. The molecule has 2 N–H and O–H groups in total. The van der Waals surface area contributed by atoms with Crippen LogP contribution in [0, 0.1) is 12.3 Å². The number of guanidine groups is 1. The summed E-state index contributed by atoms with van der Waals surface area (Å²) in [6.45, 7) is 12.3. The van der Waals surface area contributed by atoms with Crippen molar-refractivity contribution < 1.29 is 4.79 Å². The zero-order valence-corrected chi connectivity index (χ0v) is 18.6. The average Bonchev–Trinajstić information content (AvgIpc) is 2.86. The molecule has 1 aromatic rings. The summed E-state index contributed by atoms with van der Waals surface area (Å²) >= 11 is 1.65. The number of amides is 1. The molecule has 0 radical (unpaired) electrons. The van der Waals surface area contributed by atoms with Crippen LogP contribution in [0.3, 0.4) is 0 Å². The van der Waals surface area contributed by atoms with Crippen LogP contribution in [0.5, 0.6) is 0 Å². The summed E-state index contributed by atoms with van der Waals surface area (Å²) in [5, 5.41) is 9.31. The maximum absolute atomic E-state index is 11.8. The number of thiazole rings is 1. The molecular formula is C16H30IN5OS.